The van der Waals surface area contributed by atoms with Crippen LogP contribution >= 0.6 is 0 Å². The Morgan fingerprint density at radius 1 is 1.14 bits per heavy atom. The van der Waals surface area contributed by atoms with Gasteiger partial charge >= 0.3 is 0 Å². The van der Waals surface area contributed by atoms with E-state index in [9.17, 15) is 19.2 Å². The highest BCUT2D eigenvalue weighted by atomic mass is 16.2. The van der Waals surface area contributed by atoms with Gasteiger partial charge in [0.05, 0.1) is 12.5 Å². The molecular formula is C31H41N7O4. The number of H-pyrrole nitrogens is 1. The number of hydrogen-bond donors (Lipinski definition) is 4. The van der Waals surface area contributed by atoms with E-state index in [1.165, 1.54) is 6.20 Å². The summed E-state index contributed by atoms with van der Waals surface area (Å²) in [5.41, 5.74) is 2.24. The number of aryl methyl sites for hydroxylation is 1. The van der Waals surface area contributed by atoms with E-state index in [1.54, 1.807) is 22.8 Å². The van der Waals surface area contributed by atoms with Crippen LogP contribution in [0.5, 0.6) is 0 Å². The van der Waals surface area contributed by atoms with Crippen molar-refractivity contribution < 1.29 is 19.2 Å². The monoisotopic (exact) mass is 575 g/mol. The SMILES string of the molecule is CC(C)[C@@H]1CC[C@@H](C)CC(=O)N[C@H](Cc2c[nH]c3ccccc23)C(=O)N2C[C@H](NC(=O)c3cncn3C)C[C@H]2C(=O)N1. The molecule has 0 aliphatic carbocycles. The Kier molecular flexibility index (Phi) is 8.65. The first-order valence-electron chi connectivity index (χ1n) is 14.8. The van der Waals surface area contributed by atoms with Crippen molar-refractivity contribution in [2.24, 2.45) is 18.9 Å². The first-order chi connectivity index (χ1) is 20.1. The molecule has 0 bridgehead atoms. The van der Waals surface area contributed by atoms with Crippen molar-refractivity contribution in [1.29, 1.82) is 0 Å². The Hall–Kier alpha value is -4.15. The van der Waals surface area contributed by atoms with Crippen LogP contribution in [0.3, 0.4) is 0 Å². The van der Waals surface area contributed by atoms with Crippen molar-refractivity contribution in [2.45, 2.75) is 77.0 Å². The fourth-order valence-electron chi connectivity index (χ4n) is 6.18. The van der Waals surface area contributed by atoms with Crippen molar-refractivity contribution >= 4 is 34.5 Å². The molecule has 2 fully saturated rings. The summed E-state index contributed by atoms with van der Waals surface area (Å²) in [6, 6.07) is 5.64. The summed E-state index contributed by atoms with van der Waals surface area (Å²) in [5, 5.41) is 10.2. The first kappa shape index (κ1) is 29.3. The summed E-state index contributed by atoms with van der Waals surface area (Å²) in [6.45, 7) is 6.31. The van der Waals surface area contributed by atoms with E-state index < -0.39 is 18.1 Å². The summed E-state index contributed by atoms with van der Waals surface area (Å²) in [7, 11) is 1.73. The van der Waals surface area contributed by atoms with E-state index in [2.05, 4.69) is 39.8 Å². The number of nitrogens with zero attached hydrogens (tertiary/aromatic N) is 3. The summed E-state index contributed by atoms with van der Waals surface area (Å²) in [6.07, 6.45) is 7.24. The second-order valence-corrected chi connectivity index (χ2v) is 12.2. The molecule has 11 nitrogen and oxygen atoms in total. The zero-order valence-corrected chi connectivity index (χ0v) is 24.7. The zero-order valence-electron chi connectivity index (χ0n) is 24.7. The third-order valence-corrected chi connectivity index (χ3v) is 8.64. The molecular weight excluding hydrogens is 534 g/mol. The topological polar surface area (TPSA) is 141 Å². The maximum absolute atomic E-state index is 14.3. The van der Waals surface area contributed by atoms with Gasteiger partial charge in [0.1, 0.15) is 17.8 Å². The quantitative estimate of drug-likeness (QED) is 0.370. The number of aromatic nitrogens is 3. The van der Waals surface area contributed by atoms with Gasteiger partial charge < -0.3 is 30.4 Å². The van der Waals surface area contributed by atoms with Gasteiger partial charge in [-0.1, -0.05) is 39.0 Å². The minimum absolute atomic E-state index is 0.0918. The lowest BCUT2D eigenvalue weighted by molar-refractivity contribution is -0.141. The van der Waals surface area contributed by atoms with Gasteiger partial charge in [-0.15, -0.1) is 0 Å². The van der Waals surface area contributed by atoms with Crippen LogP contribution in [0, 0.1) is 11.8 Å². The number of nitrogens with one attached hydrogen (secondary N) is 4. The first-order valence-corrected chi connectivity index (χ1v) is 14.8. The molecule has 0 spiro atoms. The standard InChI is InChI=1S/C31H41N7O4/c1-18(2)23-10-9-19(3)11-28(39)35-25(12-20-14-33-24-8-6-5-7-22(20)24)31(42)38-16-21(13-26(38)29(40)36-23)34-30(41)27-15-32-17-37(27)4/h5-8,14-15,17-19,21,23,25-26,33H,9-13,16H2,1-4H3,(H,34,41)(H,35,39)(H,36,40)/t19-,21-,23+,25-,26+/m1/s1. The van der Waals surface area contributed by atoms with E-state index in [1.807, 2.05) is 37.4 Å². The highest BCUT2D eigenvalue weighted by molar-refractivity contribution is 5.95. The van der Waals surface area contributed by atoms with Gasteiger partial charge in [-0.3, -0.25) is 19.2 Å². The number of fused-ring (bicyclic) bond motifs is 2. The molecule has 4 heterocycles. The molecule has 2 aromatic heterocycles. The van der Waals surface area contributed by atoms with Crippen LogP contribution in [0.1, 0.15) is 62.5 Å². The molecule has 42 heavy (non-hydrogen) atoms. The Balaban J connectivity index is 1.46. The maximum atomic E-state index is 14.3. The number of imidazole rings is 1. The van der Waals surface area contributed by atoms with Gasteiger partial charge in [-0.25, -0.2) is 4.98 Å². The average molecular weight is 576 g/mol. The molecule has 1 aromatic carbocycles. The van der Waals surface area contributed by atoms with Gasteiger partial charge in [0.2, 0.25) is 17.7 Å². The molecule has 0 saturated carbocycles. The number of carbonyl (C=O) groups is 4. The minimum atomic E-state index is -0.868. The molecule has 5 atom stereocenters. The van der Waals surface area contributed by atoms with Gasteiger partial charge in [0, 0.05) is 55.6 Å². The predicted octanol–water partition coefficient (Wildman–Crippen LogP) is 2.29. The van der Waals surface area contributed by atoms with Crippen LogP contribution in [-0.2, 0) is 27.9 Å². The van der Waals surface area contributed by atoms with Crippen LogP contribution < -0.4 is 16.0 Å². The lowest BCUT2D eigenvalue weighted by atomic mass is 9.92. The molecule has 2 aliphatic heterocycles. The molecule has 5 rings (SSSR count). The van der Waals surface area contributed by atoms with Gasteiger partial charge in [-0.05, 0) is 42.7 Å². The molecule has 2 saturated heterocycles. The second-order valence-electron chi connectivity index (χ2n) is 12.2. The Morgan fingerprint density at radius 3 is 2.67 bits per heavy atom. The summed E-state index contributed by atoms with van der Waals surface area (Å²) in [4.78, 5) is 63.1. The van der Waals surface area contributed by atoms with E-state index in [4.69, 9.17) is 0 Å². The molecule has 11 heteroatoms. The Bertz CT molecular complexity index is 1460. The minimum Gasteiger partial charge on any atom is -0.361 e. The van der Waals surface area contributed by atoms with Crippen LogP contribution in [0.2, 0.25) is 0 Å². The molecule has 224 valence electrons. The highest BCUT2D eigenvalue weighted by Gasteiger charge is 2.43. The normalized spacial score (nSPS) is 25.8. The summed E-state index contributed by atoms with van der Waals surface area (Å²) < 4.78 is 1.62. The zero-order chi connectivity index (χ0) is 30.0. The number of para-hydroxylation sites is 1. The molecule has 0 unspecified atom stereocenters. The van der Waals surface area contributed by atoms with Crippen LogP contribution in [-0.4, -0.2) is 73.8 Å². The Labute approximate surface area is 245 Å². The van der Waals surface area contributed by atoms with Gasteiger partial charge in [0.15, 0.2) is 0 Å². The Morgan fingerprint density at radius 2 is 1.93 bits per heavy atom. The summed E-state index contributed by atoms with van der Waals surface area (Å²) in [5.74, 6) is -0.792. The largest absolute Gasteiger partial charge is 0.361 e. The van der Waals surface area contributed by atoms with E-state index in [0.29, 0.717) is 12.1 Å². The fourth-order valence-corrected chi connectivity index (χ4v) is 6.18. The van der Waals surface area contributed by atoms with E-state index >= 15 is 0 Å². The van der Waals surface area contributed by atoms with Crippen molar-refractivity contribution in [3.63, 3.8) is 0 Å². The van der Waals surface area contributed by atoms with Crippen molar-refractivity contribution in [2.75, 3.05) is 6.54 Å². The number of carbonyl (C=O) groups excluding carboxylic acids is 4. The number of benzene rings is 1. The van der Waals surface area contributed by atoms with Crippen LogP contribution in [0.15, 0.2) is 43.0 Å². The van der Waals surface area contributed by atoms with Crippen molar-refractivity contribution in [1.82, 2.24) is 35.4 Å². The second kappa shape index (κ2) is 12.4. The van der Waals surface area contributed by atoms with E-state index in [-0.39, 0.29) is 60.9 Å². The number of aromatic amines is 1. The molecule has 3 aromatic rings. The average Bonchev–Trinajstić information content (AvgIpc) is 3.68. The third kappa shape index (κ3) is 6.34. The molecule has 0 radical (unpaired) electrons. The number of rotatable bonds is 5. The van der Waals surface area contributed by atoms with Crippen molar-refractivity contribution in [3.8, 4) is 0 Å². The lowest BCUT2D eigenvalue weighted by Crippen LogP contribution is -2.55. The lowest BCUT2D eigenvalue weighted by Gasteiger charge is -2.30. The molecule has 2 aliphatic rings. The predicted molar refractivity (Wildman–Crippen MR) is 158 cm³/mol. The maximum Gasteiger partial charge on any atom is 0.269 e. The number of amides is 4. The van der Waals surface area contributed by atoms with Crippen molar-refractivity contribution in [3.05, 3.63) is 54.2 Å². The highest BCUT2D eigenvalue weighted by Crippen LogP contribution is 2.25. The number of hydrogen-bond acceptors (Lipinski definition) is 5. The van der Waals surface area contributed by atoms with Crippen LogP contribution in [0.4, 0.5) is 0 Å². The van der Waals surface area contributed by atoms with E-state index in [0.717, 1.165) is 29.3 Å². The molecule has 4 N–H and O–H groups in total. The van der Waals surface area contributed by atoms with Gasteiger partial charge in [0.25, 0.3) is 5.91 Å². The van der Waals surface area contributed by atoms with Crippen LogP contribution in [0.25, 0.3) is 10.9 Å². The molecule has 4 amide bonds. The fraction of sp³-hybridized carbons (Fsp3) is 0.516. The smallest absolute Gasteiger partial charge is 0.269 e. The third-order valence-electron chi connectivity index (χ3n) is 8.64. The van der Waals surface area contributed by atoms with Gasteiger partial charge in [-0.2, -0.15) is 0 Å². The summed E-state index contributed by atoms with van der Waals surface area (Å²) >= 11 is 0.